The van der Waals surface area contributed by atoms with E-state index >= 15 is 0 Å². The number of nitrogens with zero attached hydrogens (tertiary/aromatic N) is 2. The van der Waals surface area contributed by atoms with Crippen LogP contribution in [-0.2, 0) is 16.1 Å². The largest absolute Gasteiger partial charge is 0.496 e. The molecule has 0 N–H and O–H groups in total. The van der Waals surface area contributed by atoms with Crippen molar-refractivity contribution in [3.8, 4) is 17.2 Å². The van der Waals surface area contributed by atoms with Gasteiger partial charge in [-0.25, -0.2) is 0 Å². The third-order valence-electron chi connectivity index (χ3n) is 5.73. The van der Waals surface area contributed by atoms with Crippen molar-refractivity contribution in [1.82, 2.24) is 9.80 Å². The van der Waals surface area contributed by atoms with Crippen molar-refractivity contribution in [2.45, 2.75) is 19.4 Å². The van der Waals surface area contributed by atoms with E-state index < -0.39 is 0 Å². The van der Waals surface area contributed by atoms with Crippen LogP contribution in [0.3, 0.4) is 0 Å². The predicted octanol–water partition coefficient (Wildman–Crippen LogP) is 3.09. The van der Waals surface area contributed by atoms with Gasteiger partial charge in [0.15, 0.2) is 11.5 Å². The minimum atomic E-state index is -0.314. The van der Waals surface area contributed by atoms with Crippen molar-refractivity contribution in [1.29, 1.82) is 0 Å². The Balaban J connectivity index is 1.73. The molecule has 4 rings (SSSR count). The molecule has 0 aliphatic carbocycles. The first kappa shape index (κ1) is 20.8. The number of carbonyl (C=O) groups is 2. The number of amides is 2. The Morgan fingerprint density at radius 1 is 0.806 bits per heavy atom. The summed E-state index contributed by atoms with van der Waals surface area (Å²) < 4.78 is 16.2. The molecule has 0 aromatic heterocycles. The number of hydrogen-bond acceptors (Lipinski definition) is 6. The first-order valence-electron chi connectivity index (χ1n) is 10.3. The lowest BCUT2D eigenvalue weighted by atomic mass is 10.0. The summed E-state index contributed by atoms with van der Waals surface area (Å²) in [5, 5.41) is 0. The standard InChI is InChI=1S/C24H26N2O5/c1-29-18-9-5-4-8-17(18)21-22(25-12-6-7-13-25)24(28)26(23(21)27)15-16-10-11-19(30-2)20(14-16)31-3/h4-5,8-11,14H,6-7,12-13,15H2,1-3H3. The molecule has 0 spiro atoms. The second-order valence-corrected chi connectivity index (χ2v) is 7.50. The maximum Gasteiger partial charge on any atom is 0.278 e. The molecule has 2 aromatic carbocycles. The number of carbonyl (C=O) groups excluding carboxylic acids is 2. The first-order valence-corrected chi connectivity index (χ1v) is 10.3. The molecule has 1 fully saturated rings. The zero-order valence-electron chi connectivity index (χ0n) is 18.0. The SMILES string of the molecule is COc1ccc(CN2C(=O)C(c3ccccc3OC)=C(N3CCCC3)C2=O)cc1OC. The van der Waals surface area contributed by atoms with Gasteiger partial charge in [-0.05, 0) is 36.6 Å². The van der Waals surface area contributed by atoms with Crippen LogP contribution in [0.25, 0.3) is 5.57 Å². The maximum absolute atomic E-state index is 13.5. The van der Waals surface area contributed by atoms with Crippen LogP contribution in [0.2, 0.25) is 0 Å². The highest BCUT2D eigenvalue weighted by atomic mass is 16.5. The van der Waals surface area contributed by atoms with Crippen LogP contribution >= 0.6 is 0 Å². The Bertz CT molecular complexity index is 1040. The average molecular weight is 422 g/mol. The highest BCUT2D eigenvalue weighted by Crippen LogP contribution is 2.38. The minimum absolute atomic E-state index is 0.147. The molecule has 162 valence electrons. The third kappa shape index (κ3) is 3.71. The molecule has 2 amide bonds. The maximum atomic E-state index is 13.5. The smallest absolute Gasteiger partial charge is 0.278 e. The van der Waals surface area contributed by atoms with E-state index in [2.05, 4.69) is 0 Å². The van der Waals surface area contributed by atoms with Gasteiger partial charge in [0, 0.05) is 18.7 Å². The molecule has 7 nitrogen and oxygen atoms in total. The second-order valence-electron chi connectivity index (χ2n) is 7.50. The summed E-state index contributed by atoms with van der Waals surface area (Å²) in [4.78, 5) is 30.3. The number of hydrogen-bond donors (Lipinski definition) is 0. The van der Waals surface area contributed by atoms with Gasteiger partial charge in [-0.3, -0.25) is 14.5 Å². The molecule has 0 atom stereocenters. The van der Waals surface area contributed by atoms with Crippen LogP contribution in [-0.4, -0.2) is 56.0 Å². The molecular weight excluding hydrogens is 396 g/mol. The van der Waals surface area contributed by atoms with E-state index in [1.54, 1.807) is 39.5 Å². The topological polar surface area (TPSA) is 68.3 Å². The molecular formula is C24H26N2O5. The van der Waals surface area contributed by atoms with E-state index in [1.807, 2.05) is 29.2 Å². The number of imide groups is 1. The molecule has 1 saturated heterocycles. The van der Waals surface area contributed by atoms with Crippen LogP contribution in [0.5, 0.6) is 17.2 Å². The highest BCUT2D eigenvalue weighted by Gasteiger charge is 2.42. The molecule has 2 aliphatic rings. The third-order valence-corrected chi connectivity index (χ3v) is 5.73. The number of likely N-dealkylation sites (tertiary alicyclic amines) is 1. The number of para-hydroxylation sites is 1. The number of rotatable bonds is 7. The highest BCUT2D eigenvalue weighted by molar-refractivity contribution is 6.35. The summed E-state index contributed by atoms with van der Waals surface area (Å²) in [6.45, 7) is 1.67. The van der Waals surface area contributed by atoms with E-state index in [4.69, 9.17) is 14.2 Å². The first-order chi connectivity index (χ1) is 15.1. The van der Waals surface area contributed by atoms with Crippen LogP contribution in [0.1, 0.15) is 24.0 Å². The molecule has 0 bridgehead atoms. The summed E-state index contributed by atoms with van der Waals surface area (Å²) in [6.07, 6.45) is 2.00. The van der Waals surface area contributed by atoms with Gasteiger partial charge in [-0.1, -0.05) is 24.3 Å². The van der Waals surface area contributed by atoms with Gasteiger partial charge in [-0.2, -0.15) is 0 Å². The zero-order valence-corrected chi connectivity index (χ0v) is 18.0. The Morgan fingerprint density at radius 3 is 2.16 bits per heavy atom. The zero-order chi connectivity index (χ0) is 22.0. The molecule has 31 heavy (non-hydrogen) atoms. The van der Waals surface area contributed by atoms with Gasteiger partial charge in [0.2, 0.25) is 0 Å². The van der Waals surface area contributed by atoms with Gasteiger partial charge in [-0.15, -0.1) is 0 Å². The van der Waals surface area contributed by atoms with Crippen molar-refractivity contribution in [3.05, 3.63) is 59.3 Å². The summed E-state index contributed by atoms with van der Waals surface area (Å²) in [6, 6.07) is 12.7. The van der Waals surface area contributed by atoms with E-state index in [0.717, 1.165) is 31.5 Å². The summed E-state index contributed by atoms with van der Waals surface area (Å²) in [5.74, 6) is 1.13. The van der Waals surface area contributed by atoms with Gasteiger partial charge in [0.05, 0.1) is 33.4 Å². The monoisotopic (exact) mass is 422 g/mol. The van der Waals surface area contributed by atoms with Crippen molar-refractivity contribution in [3.63, 3.8) is 0 Å². The summed E-state index contributed by atoms with van der Waals surface area (Å²) >= 11 is 0. The predicted molar refractivity (Wildman–Crippen MR) is 116 cm³/mol. The fraction of sp³-hybridized carbons (Fsp3) is 0.333. The number of ether oxygens (including phenoxy) is 3. The second kappa shape index (κ2) is 8.71. The fourth-order valence-electron chi connectivity index (χ4n) is 4.20. The Kier molecular flexibility index (Phi) is 5.84. The van der Waals surface area contributed by atoms with Crippen LogP contribution in [0, 0.1) is 0 Å². The average Bonchev–Trinajstić information content (AvgIpc) is 3.41. The van der Waals surface area contributed by atoms with E-state index in [9.17, 15) is 9.59 Å². The molecule has 2 aromatic rings. The van der Waals surface area contributed by atoms with Crippen molar-refractivity contribution in [2.75, 3.05) is 34.4 Å². The van der Waals surface area contributed by atoms with Crippen LogP contribution < -0.4 is 14.2 Å². The van der Waals surface area contributed by atoms with Gasteiger partial charge in [0.1, 0.15) is 11.4 Å². The molecule has 7 heteroatoms. The van der Waals surface area contributed by atoms with E-state index in [0.29, 0.717) is 34.1 Å². The van der Waals surface area contributed by atoms with Crippen LogP contribution in [0.15, 0.2) is 48.2 Å². The van der Waals surface area contributed by atoms with Crippen molar-refractivity contribution in [2.24, 2.45) is 0 Å². The molecule has 0 saturated carbocycles. The van der Waals surface area contributed by atoms with Gasteiger partial charge >= 0.3 is 0 Å². The molecule has 2 aliphatic heterocycles. The Hall–Kier alpha value is -3.48. The summed E-state index contributed by atoms with van der Waals surface area (Å²) in [5.41, 5.74) is 2.29. The lowest BCUT2D eigenvalue weighted by Gasteiger charge is -2.20. The molecule has 2 heterocycles. The molecule has 0 radical (unpaired) electrons. The van der Waals surface area contributed by atoms with Crippen LogP contribution in [0.4, 0.5) is 0 Å². The van der Waals surface area contributed by atoms with E-state index in [-0.39, 0.29) is 18.4 Å². The fourth-order valence-corrected chi connectivity index (χ4v) is 4.20. The lowest BCUT2D eigenvalue weighted by molar-refractivity contribution is -0.138. The summed E-state index contributed by atoms with van der Waals surface area (Å²) in [7, 11) is 4.69. The minimum Gasteiger partial charge on any atom is -0.496 e. The Morgan fingerprint density at radius 2 is 1.48 bits per heavy atom. The Labute approximate surface area is 181 Å². The normalized spacial score (nSPS) is 16.4. The molecule has 0 unspecified atom stereocenters. The number of methoxy groups -OCH3 is 3. The van der Waals surface area contributed by atoms with Gasteiger partial charge in [0.25, 0.3) is 11.8 Å². The quantitative estimate of drug-likeness (QED) is 0.639. The van der Waals surface area contributed by atoms with Gasteiger partial charge < -0.3 is 19.1 Å². The van der Waals surface area contributed by atoms with Crippen molar-refractivity contribution >= 4 is 17.4 Å². The lowest BCUT2D eigenvalue weighted by Crippen LogP contribution is -2.34. The van der Waals surface area contributed by atoms with E-state index in [1.165, 1.54) is 4.90 Å². The van der Waals surface area contributed by atoms with Crippen molar-refractivity contribution < 1.29 is 23.8 Å². The number of benzene rings is 2.